The number of nitrogens with zero attached hydrogens (tertiary/aromatic N) is 4. The molecule has 0 aromatic heterocycles. The molecule has 0 spiro atoms. The second-order valence-electron chi connectivity index (χ2n) is 4.52. The zero-order valence-electron chi connectivity index (χ0n) is 11.1. The van der Waals surface area contributed by atoms with Gasteiger partial charge in [0.25, 0.3) is 0 Å². The Hall–Kier alpha value is -2.94. The third kappa shape index (κ3) is 2.37. The average molecular weight is 310 g/mol. The van der Waals surface area contributed by atoms with Crippen LogP contribution in [0, 0.1) is 40.1 Å². The van der Waals surface area contributed by atoms with Crippen molar-refractivity contribution in [2.75, 3.05) is 31.1 Å². The van der Waals surface area contributed by atoms with Gasteiger partial charge >= 0.3 is 6.09 Å². The minimum atomic E-state index is -1.70. The van der Waals surface area contributed by atoms with E-state index in [1.807, 2.05) is 0 Å². The fourth-order valence-corrected chi connectivity index (χ4v) is 2.27. The van der Waals surface area contributed by atoms with Crippen molar-refractivity contribution < 1.29 is 23.1 Å². The summed E-state index contributed by atoms with van der Waals surface area (Å²) in [4.78, 5) is 13.1. The lowest BCUT2D eigenvalue weighted by Crippen LogP contribution is -2.49. The Morgan fingerprint density at radius 2 is 1.45 bits per heavy atom. The Kier molecular flexibility index (Phi) is 4.08. The molecule has 0 atom stereocenters. The van der Waals surface area contributed by atoms with Crippen LogP contribution in [0.3, 0.4) is 0 Å². The van der Waals surface area contributed by atoms with E-state index in [1.165, 1.54) is 17.0 Å². The van der Waals surface area contributed by atoms with E-state index < -0.39 is 40.4 Å². The molecule has 9 heteroatoms. The zero-order valence-corrected chi connectivity index (χ0v) is 11.1. The van der Waals surface area contributed by atoms with Gasteiger partial charge in [0, 0.05) is 26.2 Å². The molecule has 114 valence electrons. The van der Waals surface area contributed by atoms with Gasteiger partial charge in [-0.25, -0.2) is 18.0 Å². The van der Waals surface area contributed by atoms with Gasteiger partial charge in [-0.05, 0) is 0 Å². The fraction of sp³-hybridized carbons (Fsp3) is 0.308. The monoisotopic (exact) mass is 310 g/mol. The summed E-state index contributed by atoms with van der Waals surface area (Å²) in [5.41, 5.74) is -2.45. The minimum absolute atomic E-state index is 0.00611. The van der Waals surface area contributed by atoms with Crippen LogP contribution in [0.15, 0.2) is 0 Å². The van der Waals surface area contributed by atoms with Crippen molar-refractivity contribution >= 4 is 11.8 Å². The molecule has 1 heterocycles. The normalized spacial score (nSPS) is 14.4. The van der Waals surface area contributed by atoms with Crippen LogP contribution < -0.4 is 4.90 Å². The lowest BCUT2D eigenvalue weighted by atomic mass is 10.1. The highest BCUT2D eigenvalue weighted by Gasteiger charge is 2.30. The minimum Gasteiger partial charge on any atom is -0.465 e. The first-order valence-electron chi connectivity index (χ1n) is 6.15. The van der Waals surface area contributed by atoms with Crippen molar-refractivity contribution in [2.45, 2.75) is 0 Å². The quantitative estimate of drug-likeness (QED) is 0.796. The molecule has 1 fully saturated rings. The molecule has 22 heavy (non-hydrogen) atoms. The van der Waals surface area contributed by atoms with Gasteiger partial charge in [-0.1, -0.05) is 0 Å². The molecule has 0 bridgehead atoms. The molecule has 0 unspecified atom stereocenters. The molecule has 1 aliphatic heterocycles. The number of hydrogen-bond donors (Lipinski definition) is 1. The number of carbonyl (C=O) groups is 1. The third-order valence-electron chi connectivity index (χ3n) is 3.39. The fourth-order valence-electron chi connectivity index (χ4n) is 2.27. The number of benzene rings is 1. The second-order valence-corrected chi connectivity index (χ2v) is 4.52. The molecule has 1 amide bonds. The van der Waals surface area contributed by atoms with Crippen molar-refractivity contribution in [3.63, 3.8) is 0 Å². The smallest absolute Gasteiger partial charge is 0.407 e. The largest absolute Gasteiger partial charge is 0.465 e. The van der Waals surface area contributed by atoms with E-state index in [-0.39, 0.29) is 26.2 Å². The van der Waals surface area contributed by atoms with Crippen molar-refractivity contribution in [3.8, 4) is 12.1 Å². The predicted octanol–water partition coefficient (Wildman–Crippen LogP) is 1.65. The van der Waals surface area contributed by atoms with Crippen LogP contribution >= 0.6 is 0 Å². The molecule has 0 aliphatic carbocycles. The molecule has 6 nitrogen and oxygen atoms in total. The molecule has 1 aromatic rings. The first-order valence-corrected chi connectivity index (χ1v) is 6.15. The molecular weight excluding hydrogens is 301 g/mol. The van der Waals surface area contributed by atoms with Crippen LogP contribution in [0.2, 0.25) is 0 Å². The average Bonchev–Trinajstić information content (AvgIpc) is 2.51. The summed E-state index contributed by atoms with van der Waals surface area (Å²) < 4.78 is 41.6. The third-order valence-corrected chi connectivity index (χ3v) is 3.39. The topological polar surface area (TPSA) is 91.4 Å². The number of anilines is 1. The predicted molar refractivity (Wildman–Crippen MR) is 67.6 cm³/mol. The van der Waals surface area contributed by atoms with Crippen molar-refractivity contribution in [3.05, 3.63) is 28.6 Å². The summed E-state index contributed by atoms with van der Waals surface area (Å²) in [6.07, 6.45) is -1.15. The first-order chi connectivity index (χ1) is 10.4. The van der Waals surface area contributed by atoms with Crippen molar-refractivity contribution in [1.82, 2.24) is 4.90 Å². The van der Waals surface area contributed by atoms with Crippen LogP contribution in [-0.4, -0.2) is 42.3 Å². The SMILES string of the molecule is N#Cc1c(F)c(F)c(C#N)c(N2CCN(C(=O)O)CC2)c1F. The molecule has 2 rings (SSSR count). The number of halogens is 3. The van der Waals surface area contributed by atoms with Gasteiger partial charge in [0.05, 0.1) is 5.69 Å². The zero-order chi connectivity index (χ0) is 16.4. The van der Waals surface area contributed by atoms with Crippen LogP contribution in [-0.2, 0) is 0 Å². The van der Waals surface area contributed by atoms with Gasteiger partial charge < -0.3 is 14.9 Å². The lowest BCUT2D eigenvalue weighted by Gasteiger charge is -2.35. The molecule has 0 saturated carbocycles. The summed E-state index contributed by atoms with van der Waals surface area (Å²) in [5, 5.41) is 26.5. The number of amides is 1. The first kappa shape index (κ1) is 15.4. The summed E-state index contributed by atoms with van der Waals surface area (Å²) in [5.74, 6) is -4.61. The van der Waals surface area contributed by atoms with E-state index in [9.17, 15) is 18.0 Å². The molecule has 1 aromatic carbocycles. The summed E-state index contributed by atoms with van der Waals surface area (Å²) in [7, 11) is 0. The maximum atomic E-state index is 14.2. The summed E-state index contributed by atoms with van der Waals surface area (Å²) >= 11 is 0. The Morgan fingerprint density at radius 1 is 0.955 bits per heavy atom. The van der Waals surface area contributed by atoms with E-state index >= 15 is 0 Å². The van der Waals surface area contributed by atoms with Gasteiger partial charge in [-0.2, -0.15) is 10.5 Å². The van der Waals surface area contributed by atoms with E-state index in [4.69, 9.17) is 15.6 Å². The second kappa shape index (κ2) is 5.82. The van der Waals surface area contributed by atoms with Crippen LogP contribution in [0.4, 0.5) is 23.7 Å². The molecule has 1 aliphatic rings. The Morgan fingerprint density at radius 3 is 1.91 bits per heavy atom. The maximum absolute atomic E-state index is 14.2. The highest BCUT2D eigenvalue weighted by Crippen LogP contribution is 2.32. The Labute approximate surface area is 123 Å². The summed E-state index contributed by atoms with van der Waals surface area (Å²) in [6.45, 7) is 0.0166. The number of piperazine rings is 1. The number of carboxylic acid groups (broad SMARTS) is 1. The van der Waals surface area contributed by atoms with E-state index in [1.54, 1.807) is 0 Å². The van der Waals surface area contributed by atoms with Gasteiger partial charge in [0.15, 0.2) is 17.5 Å². The van der Waals surface area contributed by atoms with Crippen molar-refractivity contribution in [2.24, 2.45) is 0 Å². The molecule has 1 N–H and O–H groups in total. The maximum Gasteiger partial charge on any atom is 0.407 e. The van der Waals surface area contributed by atoms with E-state index in [0.29, 0.717) is 0 Å². The summed E-state index contributed by atoms with van der Waals surface area (Å²) in [6, 6.07) is 2.62. The van der Waals surface area contributed by atoms with E-state index in [2.05, 4.69) is 0 Å². The number of nitriles is 2. The van der Waals surface area contributed by atoms with Crippen LogP contribution in [0.1, 0.15) is 11.1 Å². The molecule has 1 saturated heterocycles. The van der Waals surface area contributed by atoms with Gasteiger partial charge in [-0.3, -0.25) is 0 Å². The number of rotatable bonds is 1. The van der Waals surface area contributed by atoms with Gasteiger partial charge in [0.1, 0.15) is 23.3 Å². The highest BCUT2D eigenvalue weighted by molar-refractivity contribution is 5.67. The highest BCUT2D eigenvalue weighted by atomic mass is 19.2. The van der Waals surface area contributed by atoms with Gasteiger partial charge in [-0.15, -0.1) is 0 Å². The van der Waals surface area contributed by atoms with Crippen LogP contribution in [0.25, 0.3) is 0 Å². The van der Waals surface area contributed by atoms with Crippen LogP contribution in [0.5, 0.6) is 0 Å². The van der Waals surface area contributed by atoms with Gasteiger partial charge in [0.2, 0.25) is 0 Å². The Bertz CT molecular complexity index is 716. The number of hydrogen-bond acceptors (Lipinski definition) is 4. The van der Waals surface area contributed by atoms with Crippen molar-refractivity contribution in [1.29, 1.82) is 10.5 Å². The molecule has 0 radical (unpaired) electrons. The van der Waals surface area contributed by atoms with E-state index in [0.717, 1.165) is 4.90 Å². The Balaban J connectivity index is 2.49. The lowest BCUT2D eigenvalue weighted by molar-refractivity contribution is 0.142. The molecular formula is C13H9F3N4O2. The standard InChI is InChI=1S/C13H9F3N4O2/c14-9-7(5-17)11(16)12(8(6-18)10(9)15)19-1-3-20(4-2-19)13(21)22/h1-4H2,(H,21,22).